The second-order valence-corrected chi connectivity index (χ2v) is 5.96. The Morgan fingerprint density at radius 2 is 2.30 bits per heavy atom. The number of amides is 4. The van der Waals surface area contributed by atoms with E-state index in [2.05, 4.69) is 10.6 Å². The molecule has 0 aliphatic carbocycles. The van der Waals surface area contributed by atoms with Crippen molar-refractivity contribution >= 4 is 29.2 Å². The van der Waals surface area contributed by atoms with Gasteiger partial charge in [-0.05, 0) is 24.3 Å². The molecule has 20 heavy (non-hydrogen) atoms. The lowest BCUT2D eigenvalue weighted by molar-refractivity contribution is -0.134. The zero-order chi connectivity index (χ0) is 14.1. The third-order valence-corrected chi connectivity index (χ3v) is 4.66. The first-order valence-electron chi connectivity index (χ1n) is 6.59. The highest BCUT2D eigenvalue weighted by molar-refractivity contribution is 7.10. The normalized spacial score (nSPS) is 25.7. The Balaban J connectivity index is 1.67. The lowest BCUT2D eigenvalue weighted by Gasteiger charge is -2.24. The molecule has 2 aliphatic heterocycles. The number of thiophene rings is 1. The molecule has 0 spiro atoms. The van der Waals surface area contributed by atoms with Crippen molar-refractivity contribution in [3.63, 3.8) is 0 Å². The van der Waals surface area contributed by atoms with Crippen LogP contribution in [0.5, 0.6) is 0 Å². The van der Waals surface area contributed by atoms with Crippen LogP contribution in [0.25, 0.3) is 0 Å². The van der Waals surface area contributed by atoms with E-state index >= 15 is 0 Å². The summed E-state index contributed by atoms with van der Waals surface area (Å²) in [5.74, 6) is -0.501. The van der Waals surface area contributed by atoms with E-state index in [0.29, 0.717) is 6.54 Å². The summed E-state index contributed by atoms with van der Waals surface area (Å²) in [5, 5.41) is 6.61. The largest absolute Gasteiger partial charge is 0.335 e. The lowest BCUT2D eigenvalue weighted by Crippen LogP contribution is -2.38. The Morgan fingerprint density at radius 3 is 2.95 bits per heavy atom. The molecule has 0 saturated carbocycles. The van der Waals surface area contributed by atoms with Gasteiger partial charge in [-0.2, -0.15) is 0 Å². The number of likely N-dealkylation sites (tertiary alicyclic amines) is 1. The second-order valence-electron chi connectivity index (χ2n) is 4.98. The molecule has 1 aromatic heterocycles. The van der Waals surface area contributed by atoms with Gasteiger partial charge < -0.3 is 10.2 Å². The first-order valence-corrected chi connectivity index (χ1v) is 7.47. The molecule has 0 radical (unpaired) electrons. The number of carbonyl (C=O) groups is 3. The van der Waals surface area contributed by atoms with Gasteiger partial charge in [0.15, 0.2) is 0 Å². The Kier molecular flexibility index (Phi) is 3.43. The Bertz CT molecular complexity index is 543. The van der Waals surface area contributed by atoms with Crippen molar-refractivity contribution in [1.82, 2.24) is 15.5 Å². The number of nitrogens with zero attached hydrogens (tertiary/aromatic N) is 1. The van der Waals surface area contributed by atoms with E-state index in [1.807, 2.05) is 22.4 Å². The van der Waals surface area contributed by atoms with Crippen LogP contribution in [0, 0.1) is 0 Å². The molecule has 1 aromatic rings. The number of hydrogen-bond acceptors (Lipinski definition) is 4. The fourth-order valence-corrected chi connectivity index (χ4v) is 3.61. The van der Waals surface area contributed by atoms with Gasteiger partial charge in [-0.3, -0.25) is 14.9 Å². The summed E-state index contributed by atoms with van der Waals surface area (Å²) in [7, 11) is 0. The predicted molar refractivity (Wildman–Crippen MR) is 73.1 cm³/mol. The number of hydrogen-bond donors (Lipinski definition) is 2. The average Bonchev–Trinajstić information content (AvgIpc) is 3.11. The quantitative estimate of drug-likeness (QED) is 0.816. The molecular formula is C13H15N3O3S. The fraction of sp³-hybridized carbons (Fsp3) is 0.462. The predicted octanol–water partition coefficient (Wildman–Crippen LogP) is 1.01. The zero-order valence-corrected chi connectivity index (χ0v) is 11.6. The van der Waals surface area contributed by atoms with E-state index in [1.165, 1.54) is 4.88 Å². The molecule has 2 fully saturated rings. The Labute approximate surface area is 120 Å². The van der Waals surface area contributed by atoms with Crippen LogP contribution < -0.4 is 10.6 Å². The number of rotatable bonds is 3. The zero-order valence-electron chi connectivity index (χ0n) is 10.8. The van der Waals surface area contributed by atoms with Crippen LogP contribution in [0.4, 0.5) is 4.79 Å². The van der Waals surface area contributed by atoms with Crippen molar-refractivity contribution in [2.24, 2.45) is 0 Å². The molecule has 2 aliphatic rings. The van der Waals surface area contributed by atoms with Gasteiger partial charge in [0.25, 0.3) is 5.91 Å². The van der Waals surface area contributed by atoms with Gasteiger partial charge in [-0.1, -0.05) is 6.07 Å². The van der Waals surface area contributed by atoms with Crippen LogP contribution in [0.1, 0.15) is 30.2 Å². The van der Waals surface area contributed by atoms with E-state index in [4.69, 9.17) is 0 Å². The van der Waals surface area contributed by atoms with Crippen LogP contribution in [0.2, 0.25) is 0 Å². The summed E-state index contributed by atoms with van der Waals surface area (Å²) >= 11 is 1.64. The van der Waals surface area contributed by atoms with Gasteiger partial charge in [-0.25, -0.2) is 4.79 Å². The van der Waals surface area contributed by atoms with E-state index < -0.39 is 18.0 Å². The van der Waals surface area contributed by atoms with Crippen molar-refractivity contribution in [3.05, 3.63) is 22.4 Å². The monoisotopic (exact) mass is 293 g/mol. The summed E-state index contributed by atoms with van der Waals surface area (Å²) in [6.07, 6.45) is 1.95. The summed E-state index contributed by atoms with van der Waals surface area (Å²) in [6.45, 7) is 0.712. The maximum Gasteiger partial charge on any atom is 0.322 e. The van der Waals surface area contributed by atoms with E-state index in [0.717, 1.165) is 12.8 Å². The summed E-state index contributed by atoms with van der Waals surface area (Å²) < 4.78 is 0. The van der Waals surface area contributed by atoms with Gasteiger partial charge in [-0.15, -0.1) is 11.3 Å². The van der Waals surface area contributed by atoms with Gasteiger partial charge in [0.2, 0.25) is 5.91 Å². The molecule has 3 rings (SSSR count). The highest BCUT2D eigenvalue weighted by atomic mass is 32.1. The first-order chi connectivity index (χ1) is 9.65. The molecule has 2 atom stereocenters. The molecule has 2 saturated heterocycles. The van der Waals surface area contributed by atoms with Crippen LogP contribution >= 0.6 is 11.3 Å². The molecule has 7 heteroatoms. The van der Waals surface area contributed by atoms with E-state index in [9.17, 15) is 14.4 Å². The van der Waals surface area contributed by atoms with Gasteiger partial charge in [0.05, 0.1) is 12.5 Å². The third kappa shape index (κ3) is 2.40. The first kappa shape index (κ1) is 13.1. The molecule has 3 heterocycles. The lowest BCUT2D eigenvalue weighted by atomic mass is 10.1. The Hall–Kier alpha value is -1.89. The molecule has 0 bridgehead atoms. The topological polar surface area (TPSA) is 78.5 Å². The highest BCUT2D eigenvalue weighted by Gasteiger charge is 2.36. The average molecular weight is 293 g/mol. The molecule has 4 amide bonds. The van der Waals surface area contributed by atoms with Crippen LogP contribution in [0.3, 0.4) is 0 Å². The summed E-state index contributed by atoms with van der Waals surface area (Å²) in [4.78, 5) is 37.9. The van der Waals surface area contributed by atoms with Crippen LogP contribution in [0.15, 0.2) is 17.5 Å². The maximum absolute atomic E-state index is 12.4. The van der Waals surface area contributed by atoms with Gasteiger partial charge >= 0.3 is 6.03 Å². The minimum Gasteiger partial charge on any atom is -0.335 e. The summed E-state index contributed by atoms with van der Waals surface area (Å²) in [6, 6.07) is 2.86. The molecule has 2 unspecified atom stereocenters. The second kappa shape index (κ2) is 5.24. The molecule has 106 valence electrons. The molecular weight excluding hydrogens is 278 g/mol. The Morgan fingerprint density at radius 1 is 1.45 bits per heavy atom. The number of carbonyl (C=O) groups excluding carboxylic acids is 3. The van der Waals surface area contributed by atoms with Gasteiger partial charge in [0, 0.05) is 11.4 Å². The smallest absolute Gasteiger partial charge is 0.322 e. The van der Waals surface area contributed by atoms with Crippen LogP contribution in [-0.4, -0.2) is 35.3 Å². The fourth-order valence-electron chi connectivity index (χ4n) is 2.74. The van der Waals surface area contributed by atoms with E-state index in [-0.39, 0.29) is 18.4 Å². The van der Waals surface area contributed by atoms with E-state index in [1.54, 1.807) is 11.3 Å². The SMILES string of the molecule is O=C1NC(=O)C(CC(=O)N2CCCC2c2cccs2)N1. The summed E-state index contributed by atoms with van der Waals surface area (Å²) in [5.41, 5.74) is 0. The highest BCUT2D eigenvalue weighted by Crippen LogP contribution is 2.34. The number of imide groups is 1. The van der Waals surface area contributed by atoms with Crippen molar-refractivity contribution in [2.45, 2.75) is 31.3 Å². The molecule has 6 nitrogen and oxygen atoms in total. The maximum atomic E-state index is 12.4. The number of nitrogens with one attached hydrogen (secondary N) is 2. The molecule has 0 aromatic carbocycles. The molecule has 2 N–H and O–H groups in total. The van der Waals surface area contributed by atoms with Gasteiger partial charge in [0.1, 0.15) is 6.04 Å². The third-order valence-electron chi connectivity index (χ3n) is 3.68. The van der Waals surface area contributed by atoms with Crippen molar-refractivity contribution < 1.29 is 14.4 Å². The van der Waals surface area contributed by atoms with Crippen molar-refractivity contribution in [3.8, 4) is 0 Å². The van der Waals surface area contributed by atoms with Crippen molar-refractivity contribution in [2.75, 3.05) is 6.54 Å². The van der Waals surface area contributed by atoms with Crippen LogP contribution in [-0.2, 0) is 9.59 Å². The van der Waals surface area contributed by atoms with Crippen molar-refractivity contribution in [1.29, 1.82) is 0 Å². The number of urea groups is 1. The minimum atomic E-state index is -0.736. The minimum absolute atomic E-state index is 0.0272. The standard InChI is InChI=1S/C13H15N3O3S/c17-11(7-8-12(18)15-13(19)14-8)16-5-1-3-9(16)10-4-2-6-20-10/h2,4,6,8-9H,1,3,5,7H2,(H2,14,15,18,19).